The lowest BCUT2D eigenvalue weighted by Crippen LogP contribution is -2.07. The minimum Gasteiger partial charge on any atom is -0.404 e. The van der Waals surface area contributed by atoms with E-state index in [1.165, 1.54) is 0 Å². The molecule has 1 N–H and O–H groups in total. The van der Waals surface area contributed by atoms with E-state index in [2.05, 4.69) is 32.3 Å². The molecule has 0 saturated carbocycles. The molecule has 0 radical (unpaired) electrons. The Labute approximate surface area is 123 Å². The molecule has 0 atom stereocenters. The molecule has 8 nitrogen and oxygen atoms in total. The van der Waals surface area contributed by atoms with Crippen molar-refractivity contribution >= 4 is 5.82 Å². The molecule has 0 aromatic carbocycles. The minimum atomic E-state index is 0.250. The molecule has 0 aliphatic heterocycles. The van der Waals surface area contributed by atoms with Crippen LogP contribution in [0.2, 0.25) is 0 Å². The van der Waals surface area contributed by atoms with Gasteiger partial charge in [-0.3, -0.25) is 4.68 Å². The summed E-state index contributed by atoms with van der Waals surface area (Å²) in [6.45, 7) is 5.78. The monoisotopic (exact) mass is 292 g/mol. The van der Waals surface area contributed by atoms with Gasteiger partial charge in [0.05, 0.1) is 0 Å². The Hall–Kier alpha value is -2.22. The van der Waals surface area contributed by atoms with Gasteiger partial charge in [-0.05, 0) is 13.3 Å². The lowest BCUT2D eigenvalue weighted by atomic mass is 10.4. The molecule has 0 unspecified atom stereocenters. The summed E-state index contributed by atoms with van der Waals surface area (Å²) in [5.74, 6) is 1.65. The van der Waals surface area contributed by atoms with E-state index in [9.17, 15) is 0 Å². The number of anilines is 1. The van der Waals surface area contributed by atoms with Crippen molar-refractivity contribution in [2.45, 2.75) is 26.9 Å². The fourth-order valence-electron chi connectivity index (χ4n) is 1.59. The molecule has 0 aliphatic carbocycles. The van der Waals surface area contributed by atoms with Crippen molar-refractivity contribution in [3.05, 3.63) is 18.2 Å². The van der Waals surface area contributed by atoms with E-state index in [1.54, 1.807) is 24.1 Å². The smallest absolute Gasteiger partial charge is 0.342 e. The highest BCUT2D eigenvalue weighted by molar-refractivity contribution is 5.38. The molecule has 0 amide bonds. The van der Waals surface area contributed by atoms with Gasteiger partial charge >= 0.3 is 6.01 Å². The Balaban J connectivity index is 2.16. The number of aromatic nitrogens is 5. The third-order valence-corrected chi connectivity index (χ3v) is 2.51. The Bertz CT molecular complexity index is 545. The third kappa shape index (κ3) is 4.67. The Morgan fingerprint density at radius 2 is 2.14 bits per heavy atom. The van der Waals surface area contributed by atoms with Crippen LogP contribution in [0.15, 0.2) is 12.4 Å². The van der Waals surface area contributed by atoms with Crippen molar-refractivity contribution in [3.63, 3.8) is 0 Å². The van der Waals surface area contributed by atoms with E-state index in [1.807, 2.05) is 6.92 Å². The van der Waals surface area contributed by atoms with Gasteiger partial charge in [-0.15, -0.1) is 5.10 Å². The van der Waals surface area contributed by atoms with Crippen LogP contribution in [0.25, 0.3) is 0 Å². The topological polar surface area (TPSA) is 87.0 Å². The van der Waals surface area contributed by atoms with E-state index in [0.717, 1.165) is 13.0 Å². The SMILES string of the molecule is CCCNc1cc(Oc2ncn(C)n2)nc(COCC)n1. The van der Waals surface area contributed by atoms with E-state index >= 15 is 0 Å². The minimum absolute atomic E-state index is 0.250. The van der Waals surface area contributed by atoms with Crippen LogP contribution >= 0.6 is 0 Å². The zero-order valence-electron chi connectivity index (χ0n) is 12.5. The summed E-state index contributed by atoms with van der Waals surface area (Å²) < 4.78 is 12.5. The maximum atomic E-state index is 5.55. The molecule has 2 aromatic rings. The van der Waals surface area contributed by atoms with Gasteiger partial charge in [0.1, 0.15) is 18.8 Å². The maximum absolute atomic E-state index is 5.55. The van der Waals surface area contributed by atoms with Gasteiger partial charge in [0, 0.05) is 26.3 Å². The first kappa shape index (κ1) is 15.2. The lowest BCUT2D eigenvalue weighted by molar-refractivity contribution is 0.128. The average Bonchev–Trinajstić information content (AvgIpc) is 2.88. The van der Waals surface area contributed by atoms with Crippen molar-refractivity contribution in [3.8, 4) is 11.9 Å². The van der Waals surface area contributed by atoms with Crippen LogP contribution < -0.4 is 10.1 Å². The molecule has 2 heterocycles. The zero-order valence-corrected chi connectivity index (χ0v) is 12.5. The molecule has 0 saturated heterocycles. The number of hydrogen-bond donors (Lipinski definition) is 1. The standard InChI is InChI=1S/C13H20N6O2/c1-4-6-14-10-7-12(17-11(16-10)8-20-5-2)21-13-15-9-19(3)18-13/h7,9H,4-6,8H2,1-3H3,(H,14,16,17). The number of nitrogens with one attached hydrogen (secondary N) is 1. The van der Waals surface area contributed by atoms with Crippen LogP contribution in [0.5, 0.6) is 11.9 Å². The predicted octanol–water partition coefficient (Wildman–Crippen LogP) is 1.76. The number of nitrogens with zero attached hydrogens (tertiary/aromatic N) is 5. The van der Waals surface area contributed by atoms with Gasteiger partial charge in [0.2, 0.25) is 5.88 Å². The van der Waals surface area contributed by atoms with Crippen LogP contribution in [0.4, 0.5) is 5.82 Å². The Morgan fingerprint density at radius 3 is 2.81 bits per heavy atom. The van der Waals surface area contributed by atoms with Gasteiger partial charge in [-0.25, -0.2) is 4.98 Å². The largest absolute Gasteiger partial charge is 0.404 e. The molecule has 0 fully saturated rings. The second-order valence-corrected chi connectivity index (χ2v) is 4.37. The summed E-state index contributed by atoms with van der Waals surface area (Å²) in [4.78, 5) is 12.7. The Morgan fingerprint density at radius 1 is 1.29 bits per heavy atom. The summed E-state index contributed by atoms with van der Waals surface area (Å²) in [5.41, 5.74) is 0. The average molecular weight is 292 g/mol. The van der Waals surface area contributed by atoms with Crippen LogP contribution in [0, 0.1) is 0 Å². The summed E-state index contributed by atoms with van der Waals surface area (Å²) in [5, 5.41) is 7.27. The number of ether oxygens (including phenoxy) is 2. The first-order valence-electron chi connectivity index (χ1n) is 6.94. The van der Waals surface area contributed by atoms with Gasteiger partial charge < -0.3 is 14.8 Å². The van der Waals surface area contributed by atoms with Crippen molar-refractivity contribution in [1.82, 2.24) is 24.7 Å². The van der Waals surface area contributed by atoms with Crippen molar-refractivity contribution in [2.24, 2.45) is 7.05 Å². The normalized spacial score (nSPS) is 10.6. The molecular weight excluding hydrogens is 272 g/mol. The number of hydrogen-bond acceptors (Lipinski definition) is 7. The number of rotatable bonds is 8. The van der Waals surface area contributed by atoms with Gasteiger partial charge in [0.15, 0.2) is 5.82 Å². The first-order valence-corrected chi connectivity index (χ1v) is 6.94. The molecule has 0 spiro atoms. The molecule has 2 rings (SSSR count). The highest BCUT2D eigenvalue weighted by Gasteiger charge is 2.09. The van der Waals surface area contributed by atoms with Crippen LogP contribution in [-0.4, -0.2) is 37.9 Å². The van der Waals surface area contributed by atoms with Crippen LogP contribution in [0.1, 0.15) is 26.1 Å². The molecule has 21 heavy (non-hydrogen) atoms. The summed E-state index contributed by atoms with van der Waals surface area (Å²) in [7, 11) is 1.77. The molecule has 0 aliphatic rings. The first-order chi connectivity index (χ1) is 10.2. The summed E-state index contributed by atoms with van der Waals surface area (Å²) in [6.07, 6.45) is 2.57. The molecule has 2 aromatic heterocycles. The van der Waals surface area contributed by atoms with Crippen LogP contribution in [0.3, 0.4) is 0 Å². The van der Waals surface area contributed by atoms with Crippen molar-refractivity contribution < 1.29 is 9.47 Å². The molecule has 114 valence electrons. The summed E-state index contributed by atoms with van der Waals surface area (Å²) in [6, 6.07) is 1.97. The second-order valence-electron chi connectivity index (χ2n) is 4.37. The van der Waals surface area contributed by atoms with Gasteiger partial charge in [-0.1, -0.05) is 6.92 Å². The van der Waals surface area contributed by atoms with Crippen molar-refractivity contribution in [2.75, 3.05) is 18.5 Å². The lowest BCUT2D eigenvalue weighted by Gasteiger charge is -2.09. The third-order valence-electron chi connectivity index (χ3n) is 2.51. The highest BCUT2D eigenvalue weighted by atomic mass is 16.5. The quantitative estimate of drug-likeness (QED) is 0.793. The van der Waals surface area contributed by atoms with E-state index in [0.29, 0.717) is 30.7 Å². The van der Waals surface area contributed by atoms with Gasteiger partial charge in [0.25, 0.3) is 0 Å². The maximum Gasteiger partial charge on any atom is 0.342 e. The molecule has 8 heteroatoms. The van der Waals surface area contributed by atoms with Crippen molar-refractivity contribution in [1.29, 1.82) is 0 Å². The second kappa shape index (κ2) is 7.53. The van der Waals surface area contributed by atoms with E-state index in [4.69, 9.17) is 9.47 Å². The van der Waals surface area contributed by atoms with E-state index < -0.39 is 0 Å². The molecule has 0 bridgehead atoms. The highest BCUT2D eigenvalue weighted by Crippen LogP contribution is 2.18. The van der Waals surface area contributed by atoms with Gasteiger partial charge in [-0.2, -0.15) is 9.97 Å². The zero-order chi connectivity index (χ0) is 15.1. The fourth-order valence-corrected chi connectivity index (χ4v) is 1.59. The summed E-state index contributed by atoms with van der Waals surface area (Å²) >= 11 is 0. The Kier molecular flexibility index (Phi) is 5.44. The van der Waals surface area contributed by atoms with Crippen LogP contribution in [-0.2, 0) is 18.4 Å². The number of aryl methyl sites for hydroxylation is 1. The van der Waals surface area contributed by atoms with E-state index in [-0.39, 0.29) is 6.01 Å². The predicted molar refractivity (Wildman–Crippen MR) is 77.2 cm³/mol. The fraction of sp³-hybridized carbons (Fsp3) is 0.538. The molecular formula is C13H20N6O2.